The lowest BCUT2D eigenvalue weighted by atomic mass is 10.0. The fourth-order valence-electron chi connectivity index (χ4n) is 2.56. The molecule has 5 nitrogen and oxygen atoms in total. The highest BCUT2D eigenvalue weighted by Gasteiger charge is 2.41. The average Bonchev–Trinajstić information content (AvgIpc) is 2.91. The Labute approximate surface area is 126 Å². The highest BCUT2D eigenvalue weighted by molar-refractivity contribution is 7.91. The van der Waals surface area contributed by atoms with E-state index in [0.717, 1.165) is 17.5 Å². The Morgan fingerprint density at radius 3 is 2.85 bits per heavy atom. The minimum absolute atomic E-state index is 0.126. The van der Waals surface area contributed by atoms with E-state index in [1.165, 1.54) is 11.3 Å². The highest BCUT2D eigenvalue weighted by Crippen LogP contribution is 2.37. The molecule has 0 spiro atoms. The summed E-state index contributed by atoms with van der Waals surface area (Å²) in [6, 6.07) is 1.58. The molecular weight excluding hydrogens is 318 g/mol. The van der Waals surface area contributed by atoms with Crippen LogP contribution in [0.5, 0.6) is 0 Å². The van der Waals surface area contributed by atoms with Gasteiger partial charge in [0.25, 0.3) is 10.0 Å². The fourth-order valence-corrected chi connectivity index (χ4v) is 5.95. The third-order valence-corrected chi connectivity index (χ3v) is 7.39. The molecule has 0 amide bonds. The minimum Gasteiger partial charge on any atom is -0.225 e. The largest absolute Gasteiger partial charge is 0.253 e. The number of fused-ring (bicyclic) bond motifs is 1. The molecule has 2 aromatic rings. The van der Waals surface area contributed by atoms with Crippen LogP contribution in [-0.4, -0.2) is 34.8 Å². The van der Waals surface area contributed by atoms with Crippen molar-refractivity contribution in [3.8, 4) is 0 Å². The smallest absolute Gasteiger partial charge is 0.225 e. The first-order valence-electron chi connectivity index (χ1n) is 6.26. The molecule has 0 bridgehead atoms. The average molecular weight is 332 g/mol. The predicted octanol–water partition coefficient (Wildman–Crippen LogP) is 2.91. The number of halogens is 1. The summed E-state index contributed by atoms with van der Waals surface area (Å²) in [6.07, 6.45) is 3.33. The van der Waals surface area contributed by atoms with Crippen LogP contribution in [-0.2, 0) is 10.0 Å². The van der Waals surface area contributed by atoms with Crippen LogP contribution in [0.3, 0.4) is 0 Å². The van der Waals surface area contributed by atoms with Crippen molar-refractivity contribution in [1.82, 2.24) is 14.3 Å². The maximum atomic E-state index is 12.8. The molecule has 1 fully saturated rings. The van der Waals surface area contributed by atoms with Gasteiger partial charge in [0, 0.05) is 18.3 Å². The second kappa shape index (κ2) is 4.62. The van der Waals surface area contributed by atoms with Gasteiger partial charge in [0.2, 0.25) is 5.28 Å². The summed E-state index contributed by atoms with van der Waals surface area (Å²) in [5.74, 6) is 0. The van der Waals surface area contributed by atoms with Crippen LogP contribution in [0.1, 0.15) is 26.7 Å². The molecule has 20 heavy (non-hydrogen) atoms. The summed E-state index contributed by atoms with van der Waals surface area (Å²) in [6.45, 7) is 4.49. The van der Waals surface area contributed by atoms with Gasteiger partial charge in [-0.1, -0.05) is 0 Å². The Balaban J connectivity index is 2.09. The van der Waals surface area contributed by atoms with Gasteiger partial charge < -0.3 is 0 Å². The van der Waals surface area contributed by atoms with E-state index in [0.29, 0.717) is 16.3 Å². The van der Waals surface area contributed by atoms with Gasteiger partial charge in [-0.15, -0.1) is 11.3 Å². The molecule has 1 aliphatic heterocycles. The summed E-state index contributed by atoms with van der Waals surface area (Å²) in [5.41, 5.74) is 0.240. The second-order valence-corrected chi connectivity index (χ2v) is 8.96. The molecule has 2 aromatic heterocycles. The molecule has 1 saturated heterocycles. The molecule has 3 rings (SSSR count). The van der Waals surface area contributed by atoms with E-state index in [1.54, 1.807) is 16.6 Å². The standard InChI is InChI=1S/C12H14ClN3O2S2/c1-12(2)4-3-5-16(12)20(17,18)10-6-8-9(19-10)7-14-11(13)15-8/h6-7H,3-5H2,1-2H3. The number of hydrogen-bond donors (Lipinski definition) is 0. The number of hydrogen-bond acceptors (Lipinski definition) is 5. The van der Waals surface area contributed by atoms with Crippen LogP contribution in [0.4, 0.5) is 0 Å². The van der Waals surface area contributed by atoms with E-state index in [2.05, 4.69) is 9.97 Å². The molecular formula is C12H14ClN3O2S2. The van der Waals surface area contributed by atoms with Gasteiger partial charge in [-0.05, 0) is 44.4 Å². The summed E-state index contributed by atoms with van der Waals surface area (Å²) < 4.78 is 28.1. The van der Waals surface area contributed by atoms with Crippen LogP contribution in [0.15, 0.2) is 16.5 Å². The zero-order valence-corrected chi connectivity index (χ0v) is 13.5. The normalized spacial score (nSPS) is 19.8. The maximum Gasteiger partial charge on any atom is 0.253 e. The van der Waals surface area contributed by atoms with Crippen molar-refractivity contribution in [1.29, 1.82) is 0 Å². The Morgan fingerprint density at radius 2 is 2.20 bits per heavy atom. The molecule has 3 heterocycles. The molecule has 0 unspecified atom stereocenters. The van der Waals surface area contributed by atoms with Crippen LogP contribution in [0.2, 0.25) is 5.28 Å². The van der Waals surface area contributed by atoms with E-state index >= 15 is 0 Å². The van der Waals surface area contributed by atoms with Crippen molar-refractivity contribution in [2.75, 3.05) is 6.54 Å². The van der Waals surface area contributed by atoms with Crippen molar-refractivity contribution in [2.24, 2.45) is 0 Å². The van der Waals surface area contributed by atoms with Gasteiger partial charge in [-0.2, -0.15) is 4.31 Å². The number of thiophene rings is 1. The number of sulfonamides is 1. The lowest BCUT2D eigenvalue weighted by Crippen LogP contribution is -2.42. The van der Waals surface area contributed by atoms with Crippen molar-refractivity contribution in [3.05, 3.63) is 17.5 Å². The van der Waals surface area contributed by atoms with Crippen LogP contribution in [0.25, 0.3) is 10.2 Å². The van der Waals surface area contributed by atoms with Gasteiger partial charge in [0.15, 0.2) is 0 Å². The minimum atomic E-state index is -3.48. The fraction of sp³-hybridized carbons (Fsp3) is 0.500. The molecule has 8 heteroatoms. The third-order valence-electron chi connectivity index (χ3n) is 3.59. The maximum absolute atomic E-state index is 12.8. The first-order valence-corrected chi connectivity index (χ1v) is 8.89. The Bertz CT molecular complexity index is 770. The summed E-state index contributed by atoms with van der Waals surface area (Å²) in [4.78, 5) is 7.94. The molecule has 0 N–H and O–H groups in total. The Kier molecular flexibility index (Phi) is 3.28. The van der Waals surface area contributed by atoms with E-state index in [-0.39, 0.29) is 10.8 Å². The van der Waals surface area contributed by atoms with Crippen molar-refractivity contribution in [3.63, 3.8) is 0 Å². The summed E-state index contributed by atoms with van der Waals surface area (Å²) in [7, 11) is -3.48. The van der Waals surface area contributed by atoms with Gasteiger partial charge in [0.1, 0.15) is 4.21 Å². The predicted molar refractivity (Wildman–Crippen MR) is 79.6 cm³/mol. The molecule has 0 radical (unpaired) electrons. The third kappa shape index (κ3) is 2.22. The van der Waals surface area contributed by atoms with Crippen LogP contribution >= 0.6 is 22.9 Å². The quantitative estimate of drug-likeness (QED) is 0.794. The van der Waals surface area contributed by atoms with E-state index < -0.39 is 10.0 Å². The van der Waals surface area contributed by atoms with Crippen LogP contribution in [0, 0.1) is 0 Å². The molecule has 0 aliphatic carbocycles. The summed E-state index contributed by atoms with van der Waals surface area (Å²) in [5, 5.41) is 0.126. The lowest BCUT2D eigenvalue weighted by Gasteiger charge is -2.29. The van der Waals surface area contributed by atoms with Gasteiger partial charge in [-0.3, -0.25) is 0 Å². The van der Waals surface area contributed by atoms with E-state index in [1.807, 2.05) is 13.8 Å². The van der Waals surface area contributed by atoms with Crippen molar-refractivity contribution >= 4 is 43.2 Å². The molecule has 0 saturated carbocycles. The molecule has 108 valence electrons. The highest BCUT2D eigenvalue weighted by atomic mass is 35.5. The van der Waals surface area contributed by atoms with Gasteiger partial charge in [-0.25, -0.2) is 18.4 Å². The molecule has 0 aromatic carbocycles. The number of nitrogens with zero attached hydrogens (tertiary/aromatic N) is 3. The monoisotopic (exact) mass is 331 g/mol. The van der Waals surface area contributed by atoms with E-state index in [4.69, 9.17) is 11.6 Å². The second-order valence-electron chi connectivity index (χ2n) is 5.45. The first-order chi connectivity index (χ1) is 9.30. The topological polar surface area (TPSA) is 63.2 Å². The van der Waals surface area contributed by atoms with Crippen molar-refractivity contribution in [2.45, 2.75) is 36.4 Å². The number of rotatable bonds is 2. The zero-order chi connectivity index (χ0) is 14.5. The lowest BCUT2D eigenvalue weighted by molar-refractivity contribution is 0.292. The Hall–Kier alpha value is -0.760. The zero-order valence-electron chi connectivity index (χ0n) is 11.1. The van der Waals surface area contributed by atoms with Gasteiger partial charge >= 0.3 is 0 Å². The Morgan fingerprint density at radius 1 is 1.45 bits per heavy atom. The molecule has 0 atom stereocenters. The van der Waals surface area contributed by atoms with E-state index in [9.17, 15) is 8.42 Å². The first kappa shape index (κ1) is 14.2. The summed E-state index contributed by atoms with van der Waals surface area (Å²) >= 11 is 6.92. The van der Waals surface area contributed by atoms with Crippen LogP contribution < -0.4 is 0 Å². The molecule has 1 aliphatic rings. The van der Waals surface area contributed by atoms with Crippen molar-refractivity contribution < 1.29 is 8.42 Å². The number of aromatic nitrogens is 2. The SMILES string of the molecule is CC1(C)CCCN1S(=O)(=O)c1cc2nc(Cl)ncc2s1. The van der Waals surface area contributed by atoms with Gasteiger partial charge in [0.05, 0.1) is 10.2 Å².